The van der Waals surface area contributed by atoms with Gasteiger partial charge in [-0.1, -0.05) is 12.1 Å². The molecule has 0 fully saturated rings. The van der Waals surface area contributed by atoms with Gasteiger partial charge in [-0.3, -0.25) is 0 Å². The highest BCUT2D eigenvalue weighted by atomic mass is 16.5. The maximum Gasteiger partial charge on any atom is 0.322 e. The Labute approximate surface area is 147 Å². The normalized spacial score (nSPS) is 10.6. The summed E-state index contributed by atoms with van der Waals surface area (Å²) in [7, 11) is 5.45. The fraction of sp³-hybridized carbons (Fsp3) is 0.333. The van der Waals surface area contributed by atoms with Gasteiger partial charge < -0.3 is 25.0 Å². The Morgan fingerprint density at radius 1 is 1.24 bits per heavy atom. The molecule has 2 N–H and O–H groups in total. The molecule has 1 heterocycles. The molecule has 0 aliphatic carbocycles. The lowest BCUT2D eigenvalue weighted by atomic mass is 10.2. The zero-order chi connectivity index (χ0) is 18.2. The summed E-state index contributed by atoms with van der Waals surface area (Å²) in [6, 6.07) is 10.1. The fourth-order valence-electron chi connectivity index (χ4n) is 2.23. The summed E-state index contributed by atoms with van der Waals surface area (Å²) in [5, 5.41) is 12.5. The topological polar surface area (TPSA) is 77.9 Å². The van der Waals surface area contributed by atoms with Crippen LogP contribution >= 0.6 is 0 Å². The molecule has 134 valence electrons. The van der Waals surface area contributed by atoms with E-state index >= 15 is 0 Å². The van der Waals surface area contributed by atoms with Crippen LogP contribution in [0.1, 0.15) is 5.56 Å². The number of pyridine rings is 1. The van der Waals surface area contributed by atoms with Crippen LogP contribution in [0.4, 0.5) is 10.5 Å². The smallest absolute Gasteiger partial charge is 0.322 e. The third kappa shape index (κ3) is 5.96. The number of carbonyl (C=O) groups excluding carboxylic acids is 1. The quantitative estimate of drug-likeness (QED) is 0.806. The van der Waals surface area contributed by atoms with Crippen LogP contribution in [0.5, 0.6) is 11.6 Å². The molecule has 1 aromatic heterocycles. The number of carbonyl (C=O) groups is 1. The van der Waals surface area contributed by atoms with E-state index in [-0.39, 0.29) is 11.8 Å². The van der Waals surface area contributed by atoms with Crippen LogP contribution in [0.15, 0.2) is 42.6 Å². The first kappa shape index (κ1) is 18.5. The van der Waals surface area contributed by atoms with Crippen molar-refractivity contribution in [3.63, 3.8) is 0 Å². The molecule has 1 aromatic carbocycles. The third-order valence-corrected chi connectivity index (χ3v) is 3.59. The molecule has 2 aromatic rings. The highest BCUT2D eigenvalue weighted by molar-refractivity contribution is 5.89. The number of phenolic OH excluding ortho intramolecular Hbond substituents is 1. The van der Waals surface area contributed by atoms with Gasteiger partial charge in [-0.25, -0.2) is 9.78 Å². The molecule has 2 amide bonds. The summed E-state index contributed by atoms with van der Waals surface area (Å²) in [6.07, 6.45) is 1.55. The summed E-state index contributed by atoms with van der Waals surface area (Å²) in [6.45, 7) is 1.68. The van der Waals surface area contributed by atoms with E-state index in [1.165, 1.54) is 0 Å². The molecule has 0 saturated carbocycles. The fourth-order valence-corrected chi connectivity index (χ4v) is 2.23. The number of ether oxygens (including phenoxy) is 1. The number of phenols is 1. The first-order valence-electron chi connectivity index (χ1n) is 7.96. The number of aromatic hydroxyl groups is 1. The van der Waals surface area contributed by atoms with Crippen molar-refractivity contribution in [2.24, 2.45) is 0 Å². The first-order valence-corrected chi connectivity index (χ1v) is 7.96. The Balaban J connectivity index is 2.08. The molecule has 0 spiro atoms. The van der Waals surface area contributed by atoms with Crippen molar-refractivity contribution < 1.29 is 14.6 Å². The number of methoxy groups -OCH3 is 1. The lowest BCUT2D eigenvalue weighted by Gasteiger charge is -2.25. The Hall–Kier alpha value is -2.80. The predicted octanol–water partition coefficient (Wildman–Crippen LogP) is 2.39. The van der Waals surface area contributed by atoms with E-state index in [2.05, 4.69) is 10.3 Å². The van der Waals surface area contributed by atoms with Gasteiger partial charge in [0.05, 0.1) is 19.0 Å². The lowest BCUT2D eigenvalue weighted by Crippen LogP contribution is -2.39. The molecule has 0 bridgehead atoms. The minimum Gasteiger partial charge on any atom is -0.508 e. The molecule has 0 aliphatic rings. The number of benzene rings is 1. The minimum absolute atomic E-state index is 0.185. The first-order chi connectivity index (χ1) is 12.0. The molecule has 7 heteroatoms. The lowest BCUT2D eigenvalue weighted by molar-refractivity contribution is 0.202. The molecule has 25 heavy (non-hydrogen) atoms. The van der Waals surface area contributed by atoms with E-state index in [1.54, 1.807) is 48.5 Å². The summed E-state index contributed by atoms with van der Waals surface area (Å²) < 4.78 is 5.01. The SMILES string of the molecule is COc1ccc(NC(=O)N(CCN(C)C)Cc2cccc(O)c2)cn1. The number of urea groups is 1. The number of hydrogen-bond donors (Lipinski definition) is 2. The second-order valence-electron chi connectivity index (χ2n) is 5.91. The maximum absolute atomic E-state index is 12.6. The van der Waals surface area contributed by atoms with Crippen molar-refractivity contribution in [2.45, 2.75) is 6.54 Å². The van der Waals surface area contributed by atoms with Crippen molar-refractivity contribution in [3.05, 3.63) is 48.2 Å². The maximum atomic E-state index is 12.6. The molecule has 0 saturated heterocycles. The van der Waals surface area contributed by atoms with E-state index in [9.17, 15) is 9.90 Å². The molecule has 0 unspecified atom stereocenters. The predicted molar refractivity (Wildman–Crippen MR) is 96.9 cm³/mol. The van der Waals surface area contributed by atoms with Crippen LogP contribution in [0.3, 0.4) is 0 Å². The molecule has 0 atom stereocenters. The van der Waals surface area contributed by atoms with Crippen LogP contribution in [-0.2, 0) is 6.54 Å². The minimum atomic E-state index is -0.225. The number of amides is 2. The molecule has 0 radical (unpaired) electrons. The van der Waals surface area contributed by atoms with Gasteiger partial charge in [0.1, 0.15) is 5.75 Å². The van der Waals surface area contributed by atoms with Crippen LogP contribution in [-0.4, -0.2) is 60.2 Å². The summed E-state index contributed by atoms with van der Waals surface area (Å²) in [5.41, 5.74) is 1.46. The van der Waals surface area contributed by atoms with Gasteiger partial charge >= 0.3 is 6.03 Å². The number of nitrogens with zero attached hydrogens (tertiary/aromatic N) is 3. The molecular weight excluding hydrogens is 320 g/mol. The van der Waals surface area contributed by atoms with E-state index in [0.29, 0.717) is 24.7 Å². The van der Waals surface area contributed by atoms with Gasteiger partial charge in [0.25, 0.3) is 0 Å². The van der Waals surface area contributed by atoms with Crippen LogP contribution in [0.25, 0.3) is 0 Å². The zero-order valence-electron chi connectivity index (χ0n) is 14.8. The molecular formula is C18H24N4O3. The summed E-state index contributed by atoms with van der Waals surface area (Å²) >= 11 is 0. The molecule has 0 aliphatic heterocycles. The van der Waals surface area contributed by atoms with Crippen LogP contribution in [0, 0.1) is 0 Å². The molecule has 7 nitrogen and oxygen atoms in total. The van der Waals surface area contributed by atoms with E-state index in [0.717, 1.165) is 12.1 Å². The number of aromatic nitrogens is 1. The van der Waals surface area contributed by atoms with E-state index < -0.39 is 0 Å². The third-order valence-electron chi connectivity index (χ3n) is 3.59. The van der Waals surface area contributed by atoms with Crippen LogP contribution < -0.4 is 10.1 Å². The number of likely N-dealkylation sites (N-methyl/N-ethyl adjacent to an activating group) is 1. The van der Waals surface area contributed by atoms with Crippen molar-refractivity contribution >= 4 is 11.7 Å². The number of rotatable bonds is 7. The van der Waals surface area contributed by atoms with Gasteiger partial charge in [0, 0.05) is 25.7 Å². The second-order valence-corrected chi connectivity index (χ2v) is 5.91. The van der Waals surface area contributed by atoms with Gasteiger partial charge in [-0.2, -0.15) is 0 Å². The van der Waals surface area contributed by atoms with Gasteiger partial charge in [-0.05, 0) is 37.9 Å². The van der Waals surface area contributed by atoms with Crippen LogP contribution in [0.2, 0.25) is 0 Å². The van der Waals surface area contributed by atoms with Crippen molar-refractivity contribution in [1.29, 1.82) is 0 Å². The van der Waals surface area contributed by atoms with Crippen molar-refractivity contribution in [3.8, 4) is 11.6 Å². The average molecular weight is 344 g/mol. The van der Waals surface area contributed by atoms with Gasteiger partial charge in [-0.15, -0.1) is 0 Å². The van der Waals surface area contributed by atoms with Gasteiger partial charge in [0.15, 0.2) is 0 Å². The van der Waals surface area contributed by atoms with E-state index in [1.807, 2.05) is 25.1 Å². The number of anilines is 1. The summed E-state index contributed by atoms with van der Waals surface area (Å²) in [5.74, 6) is 0.673. The number of nitrogens with one attached hydrogen (secondary N) is 1. The monoisotopic (exact) mass is 344 g/mol. The highest BCUT2D eigenvalue weighted by Gasteiger charge is 2.15. The van der Waals surface area contributed by atoms with E-state index in [4.69, 9.17) is 4.74 Å². The largest absolute Gasteiger partial charge is 0.508 e. The van der Waals surface area contributed by atoms with Crippen molar-refractivity contribution in [1.82, 2.24) is 14.8 Å². The Bertz CT molecular complexity index is 689. The Morgan fingerprint density at radius 3 is 2.64 bits per heavy atom. The Morgan fingerprint density at radius 2 is 2.04 bits per heavy atom. The van der Waals surface area contributed by atoms with Gasteiger partial charge in [0.2, 0.25) is 5.88 Å². The summed E-state index contributed by atoms with van der Waals surface area (Å²) in [4.78, 5) is 20.4. The zero-order valence-corrected chi connectivity index (χ0v) is 14.8. The van der Waals surface area contributed by atoms with Crippen molar-refractivity contribution in [2.75, 3.05) is 39.6 Å². The Kier molecular flexibility index (Phi) is 6.59. The second kappa shape index (κ2) is 8.89. The average Bonchev–Trinajstić information content (AvgIpc) is 2.59. The molecule has 2 rings (SSSR count). The standard InChI is InChI=1S/C18H24N4O3/c1-21(2)9-10-22(13-14-5-4-6-16(23)11-14)18(24)20-15-7-8-17(25-3)19-12-15/h4-8,11-12,23H,9-10,13H2,1-3H3,(H,20,24). The highest BCUT2D eigenvalue weighted by Crippen LogP contribution is 2.15. The number of hydrogen-bond acceptors (Lipinski definition) is 5.